The number of benzene rings is 2. The number of halogens is 2. The molecule has 0 aromatic heterocycles. The second-order valence-electron chi connectivity index (χ2n) is 5.17. The van der Waals surface area contributed by atoms with Gasteiger partial charge in [0, 0.05) is 16.5 Å². The topological polar surface area (TPSA) is 21.3 Å². The summed E-state index contributed by atoms with van der Waals surface area (Å²) in [5, 5.41) is 4.88. The number of fused-ring (bicyclic) bond motifs is 1. The number of hydrogen-bond donors (Lipinski definition) is 1. The molecule has 2 unspecified atom stereocenters. The number of likely N-dealkylation sites (N-methyl/N-ethyl adjacent to an activating group) is 1. The van der Waals surface area contributed by atoms with Crippen LogP contribution in [0.2, 0.25) is 10.0 Å². The van der Waals surface area contributed by atoms with Gasteiger partial charge in [0.2, 0.25) is 0 Å². The Morgan fingerprint density at radius 2 is 2.05 bits per heavy atom. The van der Waals surface area contributed by atoms with Crippen LogP contribution in [0.3, 0.4) is 0 Å². The smallest absolute Gasteiger partial charge is 0.123 e. The zero-order valence-electron chi connectivity index (χ0n) is 11.8. The minimum Gasteiger partial charge on any atom is -0.488 e. The van der Waals surface area contributed by atoms with Crippen molar-refractivity contribution in [2.45, 2.75) is 25.5 Å². The van der Waals surface area contributed by atoms with Gasteiger partial charge in [-0.2, -0.15) is 0 Å². The van der Waals surface area contributed by atoms with Crippen LogP contribution in [0.5, 0.6) is 5.75 Å². The lowest BCUT2D eigenvalue weighted by molar-refractivity contribution is 0.180. The van der Waals surface area contributed by atoms with E-state index in [9.17, 15) is 0 Å². The Morgan fingerprint density at radius 3 is 2.81 bits per heavy atom. The Morgan fingerprint density at radius 1 is 1.24 bits per heavy atom. The van der Waals surface area contributed by atoms with Gasteiger partial charge < -0.3 is 10.1 Å². The van der Waals surface area contributed by atoms with E-state index in [1.165, 1.54) is 5.56 Å². The first-order valence-corrected chi connectivity index (χ1v) is 7.87. The molecule has 0 spiro atoms. The van der Waals surface area contributed by atoms with E-state index in [2.05, 4.69) is 18.3 Å². The van der Waals surface area contributed by atoms with E-state index in [1.807, 2.05) is 30.3 Å². The van der Waals surface area contributed by atoms with Gasteiger partial charge in [0.05, 0.1) is 6.04 Å². The first-order valence-electron chi connectivity index (χ1n) is 7.12. The van der Waals surface area contributed by atoms with Gasteiger partial charge in [-0.25, -0.2) is 0 Å². The molecule has 2 nitrogen and oxygen atoms in total. The molecular formula is C17H17Cl2NO. The molecule has 1 aliphatic heterocycles. The molecule has 21 heavy (non-hydrogen) atoms. The molecule has 0 aliphatic carbocycles. The first-order chi connectivity index (χ1) is 10.2. The monoisotopic (exact) mass is 321 g/mol. The van der Waals surface area contributed by atoms with E-state index in [1.54, 1.807) is 6.07 Å². The molecule has 1 aliphatic rings. The first kappa shape index (κ1) is 14.7. The summed E-state index contributed by atoms with van der Waals surface area (Å²) in [5.41, 5.74) is 2.23. The fraction of sp³-hybridized carbons (Fsp3) is 0.294. The van der Waals surface area contributed by atoms with Gasteiger partial charge in [-0.3, -0.25) is 0 Å². The second-order valence-corrected chi connectivity index (χ2v) is 6.01. The van der Waals surface area contributed by atoms with E-state index in [0.717, 1.165) is 24.3 Å². The maximum absolute atomic E-state index is 6.36. The van der Waals surface area contributed by atoms with Crippen molar-refractivity contribution >= 4 is 23.2 Å². The standard InChI is InChI=1S/C17H17Cl2NO/c1-2-20-17(13-10-12(18)7-8-14(13)19)16-9-11-5-3-4-6-15(11)21-16/h3-8,10,16-17,20H,2,9H2,1H3. The van der Waals surface area contributed by atoms with E-state index in [4.69, 9.17) is 27.9 Å². The molecule has 1 heterocycles. The molecular weight excluding hydrogens is 305 g/mol. The third kappa shape index (κ3) is 3.03. The Kier molecular flexibility index (Phi) is 4.39. The molecule has 4 heteroatoms. The Labute approximate surface area is 135 Å². The van der Waals surface area contributed by atoms with Crippen molar-refractivity contribution in [3.8, 4) is 5.75 Å². The van der Waals surface area contributed by atoms with Gasteiger partial charge in [-0.05, 0) is 41.9 Å². The van der Waals surface area contributed by atoms with Crippen LogP contribution >= 0.6 is 23.2 Å². The summed E-state index contributed by atoms with van der Waals surface area (Å²) in [6.45, 7) is 2.91. The maximum Gasteiger partial charge on any atom is 0.123 e. The number of hydrogen-bond acceptors (Lipinski definition) is 2. The van der Waals surface area contributed by atoms with Crippen LogP contribution in [0.4, 0.5) is 0 Å². The largest absolute Gasteiger partial charge is 0.488 e. The summed E-state index contributed by atoms with van der Waals surface area (Å²) in [7, 11) is 0. The number of ether oxygens (including phenoxy) is 1. The summed E-state index contributed by atoms with van der Waals surface area (Å²) in [6.07, 6.45) is 0.898. The van der Waals surface area contributed by atoms with Crippen molar-refractivity contribution in [1.29, 1.82) is 0 Å². The SMILES string of the molecule is CCNC(c1cc(Cl)ccc1Cl)C1Cc2ccccc2O1. The van der Waals surface area contributed by atoms with E-state index < -0.39 is 0 Å². The summed E-state index contributed by atoms with van der Waals surface area (Å²) in [4.78, 5) is 0. The third-order valence-electron chi connectivity index (χ3n) is 3.76. The molecule has 1 N–H and O–H groups in total. The van der Waals surface area contributed by atoms with E-state index in [0.29, 0.717) is 10.0 Å². The minimum absolute atomic E-state index is 0.0219. The van der Waals surface area contributed by atoms with Crippen molar-refractivity contribution < 1.29 is 4.74 Å². The number of rotatable bonds is 4. The van der Waals surface area contributed by atoms with Crippen molar-refractivity contribution in [2.24, 2.45) is 0 Å². The Bertz CT molecular complexity index is 619. The van der Waals surface area contributed by atoms with Crippen LogP contribution < -0.4 is 10.1 Å². The molecule has 0 saturated carbocycles. The zero-order valence-corrected chi connectivity index (χ0v) is 13.3. The summed E-state index contributed by atoms with van der Waals surface area (Å²) < 4.78 is 6.11. The molecule has 2 aromatic carbocycles. The fourth-order valence-electron chi connectivity index (χ4n) is 2.81. The molecule has 0 fully saturated rings. The molecule has 0 radical (unpaired) electrons. The predicted molar refractivity (Wildman–Crippen MR) is 87.4 cm³/mol. The molecule has 2 atom stereocenters. The van der Waals surface area contributed by atoms with Crippen LogP contribution in [0.15, 0.2) is 42.5 Å². The third-order valence-corrected chi connectivity index (χ3v) is 4.34. The number of nitrogens with one attached hydrogen (secondary N) is 1. The quantitative estimate of drug-likeness (QED) is 0.885. The summed E-state index contributed by atoms with van der Waals surface area (Å²) in [6, 6.07) is 13.7. The van der Waals surface area contributed by atoms with Gasteiger partial charge in [-0.15, -0.1) is 0 Å². The average Bonchev–Trinajstić information content (AvgIpc) is 2.91. The van der Waals surface area contributed by atoms with Gasteiger partial charge in [0.1, 0.15) is 11.9 Å². The molecule has 0 bridgehead atoms. The van der Waals surface area contributed by atoms with Crippen LogP contribution in [0.25, 0.3) is 0 Å². The zero-order chi connectivity index (χ0) is 14.8. The lowest BCUT2D eigenvalue weighted by Crippen LogP contribution is -2.35. The minimum atomic E-state index is 0.0219. The Hall–Kier alpha value is -1.22. The van der Waals surface area contributed by atoms with Crippen molar-refractivity contribution in [3.05, 3.63) is 63.6 Å². The van der Waals surface area contributed by atoms with Gasteiger partial charge in [-0.1, -0.05) is 48.3 Å². The van der Waals surface area contributed by atoms with Gasteiger partial charge >= 0.3 is 0 Å². The number of para-hydroxylation sites is 1. The highest BCUT2D eigenvalue weighted by atomic mass is 35.5. The lowest BCUT2D eigenvalue weighted by Gasteiger charge is -2.25. The highest BCUT2D eigenvalue weighted by molar-refractivity contribution is 6.33. The predicted octanol–water partition coefficient (Wildman–Crippen LogP) is 4.65. The van der Waals surface area contributed by atoms with Crippen LogP contribution in [0, 0.1) is 0 Å². The van der Waals surface area contributed by atoms with Crippen LogP contribution in [-0.4, -0.2) is 12.6 Å². The van der Waals surface area contributed by atoms with Gasteiger partial charge in [0.15, 0.2) is 0 Å². The van der Waals surface area contributed by atoms with Crippen molar-refractivity contribution in [3.63, 3.8) is 0 Å². The average molecular weight is 322 g/mol. The maximum atomic E-state index is 6.36. The van der Waals surface area contributed by atoms with Crippen molar-refractivity contribution in [2.75, 3.05) is 6.54 Å². The van der Waals surface area contributed by atoms with E-state index >= 15 is 0 Å². The highest BCUT2D eigenvalue weighted by Gasteiger charge is 2.32. The normalized spacial score (nSPS) is 18.1. The molecule has 0 saturated heterocycles. The van der Waals surface area contributed by atoms with Crippen LogP contribution in [0.1, 0.15) is 24.1 Å². The van der Waals surface area contributed by atoms with Crippen LogP contribution in [-0.2, 0) is 6.42 Å². The molecule has 2 aromatic rings. The fourth-order valence-corrected chi connectivity index (χ4v) is 3.22. The Balaban J connectivity index is 1.91. The highest BCUT2D eigenvalue weighted by Crippen LogP contribution is 2.36. The molecule has 0 amide bonds. The summed E-state index contributed by atoms with van der Waals surface area (Å²) in [5.74, 6) is 0.962. The second kappa shape index (κ2) is 6.27. The molecule has 3 rings (SSSR count). The van der Waals surface area contributed by atoms with E-state index in [-0.39, 0.29) is 12.1 Å². The molecule has 110 valence electrons. The lowest BCUT2D eigenvalue weighted by atomic mass is 9.97. The van der Waals surface area contributed by atoms with Gasteiger partial charge in [0.25, 0.3) is 0 Å². The van der Waals surface area contributed by atoms with Crippen molar-refractivity contribution in [1.82, 2.24) is 5.32 Å². The summed E-state index contributed by atoms with van der Waals surface area (Å²) >= 11 is 12.5.